The van der Waals surface area contributed by atoms with Crippen molar-refractivity contribution in [3.63, 3.8) is 0 Å². The Hall–Kier alpha value is -0.340. The average Bonchev–Trinajstić information content (AvgIpc) is 1.85. The Labute approximate surface area is 75.2 Å². The van der Waals surface area contributed by atoms with Crippen LogP contribution < -0.4 is 0 Å². The molecule has 12 heavy (non-hydrogen) atoms. The van der Waals surface area contributed by atoms with E-state index in [1.54, 1.807) is 14.0 Å². The van der Waals surface area contributed by atoms with Crippen LogP contribution in [0.3, 0.4) is 0 Å². The van der Waals surface area contributed by atoms with Crippen molar-refractivity contribution in [1.82, 2.24) is 0 Å². The van der Waals surface area contributed by atoms with E-state index in [4.69, 9.17) is 4.74 Å². The Morgan fingerprint density at radius 1 is 1.50 bits per heavy atom. The summed E-state index contributed by atoms with van der Waals surface area (Å²) in [6, 6.07) is 0. The standard InChI is InChI=1S/C10H20O2/c1-9(2)6-5-7-10(3,11)8-12-4/h6,11H,5,7-8H2,1-4H3/t10-/m0/s1. The lowest BCUT2D eigenvalue weighted by Crippen LogP contribution is -2.29. The zero-order valence-corrected chi connectivity index (χ0v) is 8.55. The van der Waals surface area contributed by atoms with E-state index in [1.807, 2.05) is 0 Å². The van der Waals surface area contributed by atoms with Gasteiger partial charge >= 0.3 is 0 Å². The van der Waals surface area contributed by atoms with Crippen molar-refractivity contribution in [3.05, 3.63) is 11.6 Å². The van der Waals surface area contributed by atoms with Gasteiger partial charge < -0.3 is 9.84 Å². The number of methoxy groups -OCH3 is 1. The first-order chi connectivity index (χ1) is 5.48. The van der Waals surface area contributed by atoms with Crippen LogP contribution in [0.5, 0.6) is 0 Å². The van der Waals surface area contributed by atoms with Gasteiger partial charge in [-0.15, -0.1) is 0 Å². The predicted octanol–water partition coefficient (Wildman–Crippen LogP) is 2.13. The highest BCUT2D eigenvalue weighted by Crippen LogP contribution is 2.13. The van der Waals surface area contributed by atoms with E-state index in [1.165, 1.54) is 5.57 Å². The average molecular weight is 172 g/mol. The number of aliphatic hydroxyl groups is 1. The third kappa shape index (κ3) is 6.38. The molecule has 0 spiro atoms. The van der Waals surface area contributed by atoms with Gasteiger partial charge in [0, 0.05) is 7.11 Å². The van der Waals surface area contributed by atoms with Crippen LogP contribution in [0.4, 0.5) is 0 Å². The highest BCUT2D eigenvalue weighted by molar-refractivity contribution is 4.94. The van der Waals surface area contributed by atoms with Crippen LogP contribution in [0.25, 0.3) is 0 Å². The topological polar surface area (TPSA) is 29.5 Å². The zero-order chi connectivity index (χ0) is 9.61. The van der Waals surface area contributed by atoms with Gasteiger partial charge in [0.25, 0.3) is 0 Å². The first-order valence-corrected chi connectivity index (χ1v) is 4.32. The van der Waals surface area contributed by atoms with Gasteiger partial charge in [0.15, 0.2) is 0 Å². The Balaban J connectivity index is 3.68. The van der Waals surface area contributed by atoms with E-state index in [0.717, 1.165) is 12.8 Å². The highest BCUT2D eigenvalue weighted by Gasteiger charge is 2.18. The number of ether oxygens (including phenoxy) is 1. The normalized spacial score (nSPS) is 15.4. The Kier molecular flexibility index (Phi) is 5.18. The molecule has 72 valence electrons. The van der Waals surface area contributed by atoms with E-state index in [9.17, 15) is 5.11 Å². The summed E-state index contributed by atoms with van der Waals surface area (Å²) < 4.78 is 4.89. The third-order valence-electron chi connectivity index (χ3n) is 1.69. The quantitative estimate of drug-likeness (QED) is 0.644. The van der Waals surface area contributed by atoms with Crippen molar-refractivity contribution in [3.8, 4) is 0 Å². The second kappa shape index (κ2) is 5.33. The molecule has 1 N–H and O–H groups in total. The minimum absolute atomic E-state index is 0.406. The largest absolute Gasteiger partial charge is 0.388 e. The number of hydrogen-bond acceptors (Lipinski definition) is 2. The molecule has 0 aromatic heterocycles. The third-order valence-corrected chi connectivity index (χ3v) is 1.69. The molecule has 0 unspecified atom stereocenters. The summed E-state index contributed by atoms with van der Waals surface area (Å²) in [7, 11) is 1.61. The van der Waals surface area contributed by atoms with E-state index in [0.29, 0.717) is 6.61 Å². The summed E-state index contributed by atoms with van der Waals surface area (Å²) >= 11 is 0. The van der Waals surface area contributed by atoms with Crippen LogP contribution in [0.15, 0.2) is 11.6 Å². The van der Waals surface area contributed by atoms with E-state index >= 15 is 0 Å². The SMILES string of the molecule is COC[C@@](C)(O)CCC=C(C)C. The van der Waals surface area contributed by atoms with Crippen molar-refractivity contribution in [2.75, 3.05) is 13.7 Å². The molecular weight excluding hydrogens is 152 g/mol. The van der Waals surface area contributed by atoms with Gasteiger partial charge in [-0.2, -0.15) is 0 Å². The molecule has 0 bridgehead atoms. The molecule has 0 rings (SSSR count). The Bertz CT molecular complexity index is 144. The van der Waals surface area contributed by atoms with Crippen molar-refractivity contribution in [1.29, 1.82) is 0 Å². The zero-order valence-electron chi connectivity index (χ0n) is 8.55. The van der Waals surface area contributed by atoms with Gasteiger partial charge in [0.05, 0.1) is 12.2 Å². The molecule has 0 fully saturated rings. The van der Waals surface area contributed by atoms with Crippen molar-refractivity contribution >= 4 is 0 Å². The second-order valence-electron chi connectivity index (χ2n) is 3.75. The van der Waals surface area contributed by atoms with Crippen LogP contribution in [0.2, 0.25) is 0 Å². The molecule has 2 nitrogen and oxygen atoms in total. The summed E-state index contributed by atoms with van der Waals surface area (Å²) in [6.45, 7) is 6.33. The summed E-state index contributed by atoms with van der Waals surface area (Å²) in [6.07, 6.45) is 3.80. The fourth-order valence-corrected chi connectivity index (χ4v) is 1.05. The van der Waals surface area contributed by atoms with Gasteiger partial charge in [-0.1, -0.05) is 11.6 Å². The van der Waals surface area contributed by atoms with Gasteiger partial charge in [-0.05, 0) is 33.6 Å². The van der Waals surface area contributed by atoms with E-state index in [-0.39, 0.29) is 0 Å². The predicted molar refractivity (Wildman–Crippen MR) is 51.2 cm³/mol. The fraction of sp³-hybridized carbons (Fsp3) is 0.800. The molecule has 0 saturated heterocycles. The number of hydrogen-bond donors (Lipinski definition) is 1. The van der Waals surface area contributed by atoms with E-state index in [2.05, 4.69) is 19.9 Å². The van der Waals surface area contributed by atoms with Gasteiger partial charge in [-0.3, -0.25) is 0 Å². The molecule has 0 aromatic carbocycles. The fourth-order valence-electron chi connectivity index (χ4n) is 1.05. The maximum Gasteiger partial charge on any atom is 0.0855 e. The first-order valence-electron chi connectivity index (χ1n) is 4.32. The van der Waals surface area contributed by atoms with Gasteiger partial charge in [0.2, 0.25) is 0 Å². The minimum atomic E-state index is -0.680. The van der Waals surface area contributed by atoms with Crippen molar-refractivity contribution < 1.29 is 9.84 Å². The molecule has 1 atom stereocenters. The minimum Gasteiger partial charge on any atom is -0.388 e. The van der Waals surface area contributed by atoms with Crippen LogP contribution in [-0.4, -0.2) is 24.4 Å². The number of rotatable bonds is 5. The van der Waals surface area contributed by atoms with Crippen molar-refractivity contribution in [2.24, 2.45) is 0 Å². The number of allylic oxidation sites excluding steroid dienone is 2. The molecule has 0 heterocycles. The molecule has 0 aliphatic rings. The van der Waals surface area contributed by atoms with Crippen LogP contribution in [0, 0.1) is 0 Å². The molecule has 0 amide bonds. The smallest absolute Gasteiger partial charge is 0.0855 e. The summed E-state index contributed by atoms with van der Waals surface area (Å²) in [4.78, 5) is 0. The second-order valence-corrected chi connectivity index (χ2v) is 3.75. The summed E-state index contributed by atoms with van der Waals surface area (Å²) in [5.41, 5.74) is 0.615. The molecule has 0 aromatic rings. The van der Waals surface area contributed by atoms with Gasteiger partial charge in [0.1, 0.15) is 0 Å². The van der Waals surface area contributed by atoms with Crippen LogP contribution >= 0.6 is 0 Å². The molecule has 2 heteroatoms. The molecule has 0 aliphatic heterocycles. The summed E-state index contributed by atoms with van der Waals surface area (Å²) in [5, 5.41) is 9.67. The molecule has 0 radical (unpaired) electrons. The first kappa shape index (κ1) is 11.7. The maximum atomic E-state index is 9.67. The van der Waals surface area contributed by atoms with Crippen LogP contribution in [-0.2, 0) is 4.74 Å². The molecular formula is C10H20O2. The Morgan fingerprint density at radius 2 is 2.08 bits per heavy atom. The molecule has 0 aliphatic carbocycles. The Morgan fingerprint density at radius 3 is 2.50 bits per heavy atom. The van der Waals surface area contributed by atoms with E-state index < -0.39 is 5.60 Å². The van der Waals surface area contributed by atoms with Crippen LogP contribution in [0.1, 0.15) is 33.6 Å². The van der Waals surface area contributed by atoms with Crippen molar-refractivity contribution in [2.45, 2.75) is 39.2 Å². The highest BCUT2D eigenvalue weighted by atomic mass is 16.5. The molecule has 0 saturated carbocycles. The maximum absolute atomic E-state index is 9.67. The monoisotopic (exact) mass is 172 g/mol. The lowest BCUT2D eigenvalue weighted by atomic mass is 10.0. The van der Waals surface area contributed by atoms with Gasteiger partial charge in [-0.25, -0.2) is 0 Å². The lowest BCUT2D eigenvalue weighted by molar-refractivity contribution is -0.0218. The lowest BCUT2D eigenvalue weighted by Gasteiger charge is -2.21. The summed E-state index contributed by atoms with van der Waals surface area (Å²) in [5.74, 6) is 0.